The lowest BCUT2D eigenvalue weighted by atomic mass is 10.2. The predicted octanol–water partition coefficient (Wildman–Crippen LogP) is 3.78. The highest BCUT2D eigenvalue weighted by Gasteiger charge is 2.31. The van der Waals surface area contributed by atoms with Gasteiger partial charge < -0.3 is 4.90 Å². The van der Waals surface area contributed by atoms with Crippen molar-refractivity contribution in [1.29, 1.82) is 0 Å². The van der Waals surface area contributed by atoms with Crippen LogP contribution in [0, 0.1) is 6.92 Å². The number of anilines is 1. The van der Waals surface area contributed by atoms with Crippen LogP contribution in [-0.4, -0.2) is 12.4 Å². The van der Waals surface area contributed by atoms with Gasteiger partial charge in [0, 0.05) is 22.5 Å². The maximum atomic E-state index is 4.33. The summed E-state index contributed by atoms with van der Waals surface area (Å²) in [4.78, 5) is 3.57. The van der Waals surface area contributed by atoms with Gasteiger partial charge >= 0.3 is 0 Å². The summed E-state index contributed by atoms with van der Waals surface area (Å²) in [6.07, 6.45) is 4.55. The molecule has 0 spiro atoms. The first-order valence-corrected chi connectivity index (χ1v) is 6.61. The van der Waals surface area contributed by atoms with Gasteiger partial charge in [-0.2, -0.15) is 0 Å². The van der Waals surface area contributed by atoms with Crippen LogP contribution in [0.2, 0.25) is 0 Å². The molecule has 3 rings (SSSR count). The van der Waals surface area contributed by atoms with Gasteiger partial charge in [-0.3, -0.25) is 0 Å². The van der Waals surface area contributed by atoms with E-state index in [1.165, 1.54) is 33.5 Å². The van der Waals surface area contributed by atoms with E-state index in [0.29, 0.717) is 6.04 Å². The number of benzene rings is 1. The van der Waals surface area contributed by atoms with Crippen molar-refractivity contribution in [3.05, 3.63) is 22.2 Å². The summed E-state index contributed by atoms with van der Waals surface area (Å²) in [5, 5.41) is 0. The lowest BCUT2D eigenvalue weighted by molar-refractivity contribution is 0.993. The van der Waals surface area contributed by atoms with Crippen LogP contribution < -0.4 is 4.90 Å². The minimum atomic E-state index is 0.683. The first-order chi connectivity index (χ1) is 7.25. The van der Waals surface area contributed by atoms with Crippen LogP contribution in [0.25, 0.3) is 0 Å². The van der Waals surface area contributed by atoms with Gasteiger partial charge in [0.15, 0.2) is 0 Å². The zero-order valence-corrected chi connectivity index (χ0v) is 10.8. The Kier molecular flexibility index (Phi) is 2.29. The van der Waals surface area contributed by atoms with Crippen molar-refractivity contribution in [2.45, 2.75) is 30.7 Å². The van der Waals surface area contributed by atoms with Gasteiger partial charge in [0.1, 0.15) is 6.34 Å². The molecule has 15 heavy (non-hydrogen) atoms. The van der Waals surface area contributed by atoms with Gasteiger partial charge in [-0.05, 0) is 37.5 Å². The standard InChI is InChI=1S/C11H11BrN2S/c1-7-4-11-10(5-9(7)12)14(6-13-15-11)8-2-3-8/h4-6,8H,2-3H2,1H3. The quantitative estimate of drug-likeness (QED) is 0.729. The number of rotatable bonds is 1. The molecule has 2 nitrogen and oxygen atoms in total. The molecule has 1 fully saturated rings. The van der Waals surface area contributed by atoms with Gasteiger partial charge in [-0.1, -0.05) is 15.9 Å². The second kappa shape index (κ2) is 3.52. The molecule has 1 aromatic carbocycles. The third-order valence-corrected chi connectivity index (χ3v) is 4.36. The number of aryl methyl sites for hydroxylation is 1. The van der Waals surface area contributed by atoms with E-state index in [-0.39, 0.29) is 0 Å². The maximum absolute atomic E-state index is 4.33. The molecule has 1 aliphatic heterocycles. The zero-order chi connectivity index (χ0) is 10.4. The molecule has 0 amide bonds. The van der Waals surface area contributed by atoms with Crippen LogP contribution in [0.3, 0.4) is 0 Å². The van der Waals surface area contributed by atoms with Gasteiger partial charge in [0.2, 0.25) is 0 Å². The number of hydrogen-bond acceptors (Lipinski definition) is 3. The summed E-state index contributed by atoms with van der Waals surface area (Å²) in [5.74, 6) is 0. The number of fused-ring (bicyclic) bond motifs is 1. The van der Waals surface area contributed by atoms with E-state index >= 15 is 0 Å². The largest absolute Gasteiger partial charge is 0.328 e. The first kappa shape index (κ1) is 9.73. The summed E-state index contributed by atoms with van der Waals surface area (Å²) >= 11 is 5.16. The Balaban J connectivity index is 2.08. The molecule has 0 saturated heterocycles. The lowest BCUT2D eigenvalue weighted by Crippen LogP contribution is -2.25. The Hall–Kier alpha value is -0.480. The van der Waals surface area contributed by atoms with E-state index in [1.54, 1.807) is 11.9 Å². The maximum Gasteiger partial charge on any atom is 0.104 e. The fraction of sp³-hybridized carbons (Fsp3) is 0.364. The van der Waals surface area contributed by atoms with Crippen LogP contribution >= 0.6 is 27.9 Å². The SMILES string of the molecule is Cc1cc2c(cc1Br)N(C1CC1)C=NS2. The average Bonchev–Trinajstić information content (AvgIpc) is 3.02. The van der Waals surface area contributed by atoms with Crippen molar-refractivity contribution >= 4 is 39.9 Å². The highest BCUT2D eigenvalue weighted by Crippen LogP contribution is 2.42. The van der Waals surface area contributed by atoms with Gasteiger partial charge in [0.25, 0.3) is 0 Å². The molecule has 4 heteroatoms. The summed E-state index contributed by atoms with van der Waals surface area (Å²) < 4.78 is 5.52. The molecule has 1 aliphatic carbocycles. The summed E-state index contributed by atoms with van der Waals surface area (Å²) in [6, 6.07) is 5.10. The molecule has 0 atom stereocenters. The third-order valence-electron chi connectivity index (χ3n) is 2.78. The second-order valence-electron chi connectivity index (χ2n) is 4.02. The minimum Gasteiger partial charge on any atom is -0.328 e. The molecule has 0 aromatic heterocycles. The average molecular weight is 283 g/mol. The van der Waals surface area contributed by atoms with Crippen molar-refractivity contribution in [2.24, 2.45) is 4.40 Å². The van der Waals surface area contributed by atoms with Crippen LogP contribution in [-0.2, 0) is 0 Å². The van der Waals surface area contributed by atoms with E-state index in [1.807, 2.05) is 6.34 Å². The van der Waals surface area contributed by atoms with Crippen molar-refractivity contribution < 1.29 is 0 Å². The van der Waals surface area contributed by atoms with E-state index in [9.17, 15) is 0 Å². The Morgan fingerprint density at radius 1 is 1.47 bits per heavy atom. The van der Waals surface area contributed by atoms with Gasteiger partial charge in [-0.15, -0.1) is 0 Å². The fourth-order valence-corrected chi connectivity index (χ4v) is 2.84. The van der Waals surface area contributed by atoms with Gasteiger partial charge in [0.05, 0.1) is 10.6 Å². The third kappa shape index (κ3) is 1.70. The summed E-state index contributed by atoms with van der Waals surface area (Å²) in [5.41, 5.74) is 2.57. The highest BCUT2D eigenvalue weighted by atomic mass is 79.9. The van der Waals surface area contributed by atoms with Crippen molar-refractivity contribution in [3.63, 3.8) is 0 Å². The number of nitrogens with zero attached hydrogens (tertiary/aromatic N) is 2. The Bertz CT molecular complexity index is 440. The highest BCUT2D eigenvalue weighted by molar-refractivity contribution is 9.10. The van der Waals surface area contributed by atoms with Crippen LogP contribution in [0.4, 0.5) is 5.69 Å². The Morgan fingerprint density at radius 3 is 3.00 bits per heavy atom. The Labute approximate surface area is 102 Å². The van der Waals surface area contributed by atoms with E-state index < -0.39 is 0 Å². The van der Waals surface area contributed by atoms with Crippen molar-refractivity contribution in [1.82, 2.24) is 0 Å². The van der Waals surface area contributed by atoms with E-state index in [2.05, 4.69) is 44.3 Å². The van der Waals surface area contributed by atoms with Crippen LogP contribution in [0.15, 0.2) is 25.9 Å². The topological polar surface area (TPSA) is 15.6 Å². The normalized spacial score (nSPS) is 19.2. The van der Waals surface area contributed by atoms with Gasteiger partial charge in [-0.25, -0.2) is 4.40 Å². The minimum absolute atomic E-state index is 0.683. The molecule has 1 aromatic rings. The predicted molar refractivity (Wildman–Crippen MR) is 68.7 cm³/mol. The molecule has 0 radical (unpaired) electrons. The van der Waals surface area contributed by atoms with E-state index in [4.69, 9.17) is 0 Å². The monoisotopic (exact) mass is 282 g/mol. The number of hydrogen-bond donors (Lipinski definition) is 0. The molecule has 0 bridgehead atoms. The molecular weight excluding hydrogens is 272 g/mol. The molecule has 2 aliphatic rings. The van der Waals surface area contributed by atoms with Crippen LogP contribution in [0.1, 0.15) is 18.4 Å². The second-order valence-corrected chi connectivity index (χ2v) is 5.71. The van der Waals surface area contributed by atoms with E-state index in [0.717, 1.165) is 0 Å². The fourth-order valence-electron chi connectivity index (χ4n) is 1.76. The smallest absolute Gasteiger partial charge is 0.104 e. The lowest BCUT2D eigenvalue weighted by Gasteiger charge is -2.25. The molecule has 1 heterocycles. The first-order valence-electron chi connectivity index (χ1n) is 5.05. The molecule has 0 N–H and O–H groups in total. The Morgan fingerprint density at radius 2 is 2.27 bits per heavy atom. The molecular formula is C11H11BrN2S. The molecule has 78 valence electrons. The van der Waals surface area contributed by atoms with Crippen molar-refractivity contribution in [3.8, 4) is 0 Å². The number of halogens is 1. The van der Waals surface area contributed by atoms with Crippen molar-refractivity contribution in [2.75, 3.05) is 4.90 Å². The molecule has 0 unspecified atom stereocenters. The summed E-state index contributed by atoms with van der Waals surface area (Å²) in [6.45, 7) is 2.12. The zero-order valence-electron chi connectivity index (χ0n) is 8.40. The molecule has 1 saturated carbocycles. The van der Waals surface area contributed by atoms with Crippen LogP contribution in [0.5, 0.6) is 0 Å². The summed E-state index contributed by atoms with van der Waals surface area (Å²) in [7, 11) is 0.